The van der Waals surface area contributed by atoms with Gasteiger partial charge in [0.05, 0.1) is 28.5 Å². The second-order valence-corrected chi connectivity index (χ2v) is 21.0. The number of hydrogen-bond donors (Lipinski definition) is 6. The smallest absolute Gasteiger partial charge is 0.262 e. The maximum Gasteiger partial charge on any atom is 0.262 e. The molecule has 0 atom stereocenters. The maximum absolute atomic E-state index is 13.7. The van der Waals surface area contributed by atoms with Crippen molar-refractivity contribution < 1.29 is 14.3 Å². The van der Waals surface area contributed by atoms with Gasteiger partial charge < -0.3 is 36.0 Å². The van der Waals surface area contributed by atoms with Crippen LogP contribution in [0.2, 0.25) is 0 Å². The molecule has 8 bridgehead atoms. The monoisotopic (exact) mass is 1110 g/mol. The van der Waals surface area contributed by atoms with Crippen LogP contribution >= 0.6 is 11.8 Å². The van der Waals surface area contributed by atoms with E-state index in [0.717, 1.165) is 123 Å². The Kier molecular flexibility index (Phi) is 14.9. The molecule has 7 aromatic carbocycles. The first-order chi connectivity index (χ1) is 41.4. The summed E-state index contributed by atoms with van der Waals surface area (Å²) in [4.78, 5) is 49.8. The number of fused-ring (bicyclic) bond motifs is 8. The lowest BCUT2D eigenvalue weighted by Gasteiger charge is -2.13. The van der Waals surface area contributed by atoms with E-state index in [2.05, 4.69) is 133 Å². The molecule has 2 aliphatic rings. The van der Waals surface area contributed by atoms with Gasteiger partial charge in [0.1, 0.15) is 5.75 Å². The Balaban J connectivity index is 0.752. The van der Waals surface area contributed by atoms with Crippen molar-refractivity contribution in [1.82, 2.24) is 24.9 Å². The van der Waals surface area contributed by atoms with Crippen molar-refractivity contribution in [2.45, 2.75) is 4.90 Å². The minimum absolute atomic E-state index is 0.0758. The quantitative estimate of drug-likeness (QED) is 0.0517. The summed E-state index contributed by atoms with van der Waals surface area (Å²) in [5, 5.41) is 12.8. The van der Waals surface area contributed by atoms with Crippen molar-refractivity contribution in [3.63, 3.8) is 0 Å². The number of rotatable bonds is 16. The number of H-pyrrole nitrogens is 2. The van der Waals surface area contributed by atoms with Crippen LogP contribution < -0.4 is 26.0 Å². The number of pyridine rings is 1. The standard InChI is InChI=1S/C71H53N9O3S/c81-66(75-53-28-24-51(25-29-53)73-49-20-22-50(23-21-49)74-52-26-30-54(31-27-52)76-67(82)45-84-55-40-42-72-43-41-55)44-83-65-19-11-10-18-56(65)71-63-38-36-61(79-63)69(47-14-6-2-7-15-47)59-34-32-57(77-59)68(46-12-4-1-5-13-46)58-33-35-60(78-58)70(48-16-8-3-9-17-48)62-37-39-64(71)80-62/h1-43,73-74,77,80H,44-45H2,(H,75,81)(H,76,82). The molecule has 0 unspecified atom stereocenters. The third kappa shape index (κ3) is 11.8. The Morgan fingerprint density at radius 2 is 0.762 bits per heavy atom. The number of amides is 2. The van der Waals surface area contributed by atoms with Gasteiger partial charge in [-0.15, -0.1) is 11.8 Å². The van der Waals surface area contributed by atoms with Crippen LogP contribution in [0.3, 0.4) is 0 Å². The van der Waals surface area contributed by atoms with E-state index in [1.807, 2.05) is 152 Å². The molecule has 11 aromatic rings. The molecular weight excluding hydrogens is 1060 g/mol. The Labute approximate surface area is 489 Å². The molecule has 2 aliphatic heterocycles. The van der Waals surface area contributed by atoms with Gasteiger partial charge in [0, 0.05) is 101 Å². The lowest BCUT2D eigenvalue weighted by atomic mass is 10.0. The molecule has 406 valence electrons. The van der Waals surface area contributed by atoms with Crippen LogP contribution in [0.25, 0.3) is 90.9 Å². The Morgan fingerprint density at radius 3 is 1.20 bits per heavy atom. The highest BCUT2D eigenvalue weighted by molar-refractivity contribution is 8.00. The second kappa shape index (κ2) is 24.0. The Morgan fingerprint density at radius 1 is 0.393 bits per heavy atom. The summed E-state index contributed by atoms with van der Waals surface area (Å²) < 4.78 is 6.48. The minimum Gasteiger partial charge on any atom is -0.483 e. The van der Waals surface area contributed by atoms with Gasteiger partial charge in [0.2, 0.25) is 5.91 Å². The van der Waals surface area contributed by atoms with Crippen LogP contribution in [-0.2, 0) is 9.59 Å². The zero-order chi connectivity index (χ0) is 56.6. The van der Waals surface area contributed by atoms with Crippen molar-refractivity contribution in [3.8, 4) is 50.3 Å². The van der Waals surface area contributed by atoms with Crippen LogP contribution in [0.4, 0.5) is 34.1 Å². The fourth-order valence-electron chi connectivity index (χ4n) is 10.4. The predicted molar refractivity (Wildman–Crippen MR) is 344 cm³/mol. The number of nitrogens with one attached hydrogen (secondary N) is 6. The summed E-state index contributed by atoms with van der Waals surface area (Å²) in [5.41, 5.74) is 19.1. The highest BCUT2D eigenvalue weighted by Crippen LogP contribution is 2.41. The summed E-state index contributed by atoms with van der Waals surface area (Å²) in [7, 11) is 0. The molecule has 13 heteroatoms. The van der Waals surface area contributed by atoms with Crippen molar-refractivity contribution >= 4 is 104 Å². The van der Waals surface area contributed by atoms with Gasteiger partial charge in [0.15, 0.2) is 6.61 Å². The Bertz CT molecular complexity index is 4400. The average molecular weight is 1110 g/mol. The van der Waals surface area contributed by atoms with Crippen LogP contribution in [0, 0.1) is 0 Å². The number of aromatic amines is 2. The summed E-state index contributed by atoms with van der Waals surface area (Å²) in [6.45, 7) is -0.242. The summed E-state index contributed by atoms with van der Waals surface area (Å²) in [6.07, 6.45) is 11.7. The number of hydrogen-bond acceptors (Lipinski definition) is 9. The molecule has 4 aromatic heterocycles. The molecule has 6 N–H and O–H groups in total. The number of aromatic nitrogens is 5. The number of carbonyl (C=O) groups is 2. The third-order valence-corrected chi connectivity index (χ3v) is 15.3. The normalized spacial score (nSPS) is 11.5. The predicted octanol–water partition coefficient (Wildman–Crippen LogP) is 17.0. The molecule has 0 spiro atoms. The number of benzene rings is 7. The summed E-state index contributed by atoms with van der Waals surface area (Å²) >= 11 is 1.46. The third-order valence-electron chi connectivity index (χ3n) is 14.3. The molecule has 84 heavy (non-hydrogen) atoms. The van der Waals surface area contributed by atoms with E-state index in [9.17, 15) is 9.59 Å². The summed E-state index contributed by atoms with van der Waals surface area (Å²) in [5.74, 6) is 0.437. The highest BCUT2D eigenvalue weighted by atomic mass is 32.2. The molecule has 0 saturated carbocycles. The molecule has 2 amide bonds. The van der Waals surface area contributed by atoms with Crippen LogP contribution in [0.15, 0.2) is 242 Å². The first kappa shape index (κ1) is 52.4. The van der Waals surface area contributed by atoms with Crippen molar-refractivity contribution in [2.75, 3.05) is 33.6 Å². The lowest BCUT2D eigenvalue weighted by molar-refractivity contribution is -0.118. The molecule has 0 saturated heterocycles. The van der Waals surface area contributed by atoms with Gasteiger partial charge in [-0.05, 0) is 156 Å². The maximum atomic E-state index is 13.7. The number of ether oxygens (including phenoxy) is 1. The van der Waals surface area contributed by atoms with E-state index in [4.69, 9.17) is 14.7 Å². The van der Waals surface area contributed by atoms with Crippen molar-refractivity contribution in [3.05, 3.63) is 260 Å². The topological polar surface area (TPSA) is 162 Å². The molecule has 6 heterocycles. The van der Waals surface area contributed by atoms with E-state index in [1.165, 1.54) is 11.8 Å². The van der Waals surface area contributed by atoms with Gasteiger partial charge >= 0.3 is 0 Å². The number of anilines is 6. The van der Waals surface area contributed by atoms with E-state index >= 15 is 0 Å². The number of thioether (sulfide) groups is 1. The zero-order valence-electron chi connectivity index (χ0n) is 45.2. The van der Waals surface area contributed by atoms with Crippen LogP contribution in [0.1, 0.15) is 22.8 Å². The lowest BCUT2D eigenvalue weighted by Crippen LogP contribution is -2.20. The van der Waals surface area contributed by atoms with Gasteiger partial charge in [-0.1, -0.05) is 109 Å². The fourth-order valence-corrected chi connectivity index (χ4v) is 11.1. The minimum atomic E-state index is -0.313. The highest BCUT2D eigenvalue weighted by Gasteiger charge is 2.21. The van der Waals surface area contributed by atoms with E-state index in [-0.39, 0.29) is 18.4 Å². The van der Waals surface area contributed by atoms with E-state index in [0.29, 0.717) is 17.2 Å². The molecule has 0 fully saturated rings. The number of para-hydroxylation sites is 1. The van der Waals surface area contributed by atoms with Gasteiger partial charge in [-0.3, -0.25) is 14.6 Å². The summed E-state index contributed by atoms with van der Waals surface area (Å²) in [6, 6.07) is 74.1. The van der Waals surface area contributed by atoms with Gasteiger partial charge in [0.25, 0.3) is 5.91 Å². The first-order valence-electron chi connectivity index (χ1n) is 27.4. The van der Waals surface area contributed by atoms with Gasteiger partial charge in [-0.25, -0.2) is 9.97 Å². The SMILES string of the molecule is O=C(COc1ccccc1-c1c2nc(c(-c3ccccc3)c3ccc([nH]3)c(-c3ccccc3)c3nc(c(-c4ccccc4)c4ccc1[nH]4)C=C3)C=C2)Nc1ccc(Nc2ccc(Nc3ccc(NC(=O)CSc4ccncc4)cc3)cc2)cc1. The first-order valence-corrected chi connectivity index (χ1v) is 28.4. The van der Waals surface area contributed by atoms with Gasteiger partial charge in [-0.2, -0.15) is 0 Å². The van der Waals surface area contributed by atoms with Crippen molar-refractivity contribution in [1.29, 1.82) is 0 Å². The number of nitrogens with zero attached hydrogens (tertiary/aromatic N) is 3. The van der Waals surface area contributed by atoms with E-state index < -0.39 is 0 Å². The molecule has 0 radical (unpaired) electrons. The van der Waals surface area contributed by atoms with Crippen molar-refractivity contribution in [2.24, 2.45) is 0 Å². The zero-order valence-corrected chi connectivity index (χ0v) is 46.0. The fraction of sp³-hybridized carbons (Fsp3) is 0.0282. The average Bonchev–Trinajstić information content (AvgIpc) is 4.41. The Hall–Kier alpha value is -11.0. The molecule has 12 nitrogen and oxygen atoms in total. The van der Waals surface area contributed by atoms with E-state index in [1.54, 1.807) is 12.4 Å². The molecule has 0 aliphatic carbocycles. The second-order valence-electron chi connectivity index (χ2n) is 19.9. The molecular formula is C71H53N9O3S. The molecule has 13 rings (SSSR count). The number of carbonyl (C=O) groups excluding carboxylic acids is 2. The van der Waals surface area contributed by atoms with Crippen LogP contribution in [-0.4, -0.2) is 49.1 Å². The van der Waals surface area contributed by atoms with Crippen LogP contribution in [0.5, 0.6) is 5.75 Å². The largest absolute Gasteiger partial charge is 0.483 e.